The third kappa shape index (κ3) is 5.30. The summed E-state index contributed by atoms with van der Waals surface area (Å²) in [5, 5.41) is 0. The van der Waals surface area contributed by atoms with Gasteiger partial charge in [0, 0.05) is 37.2 Å². The maximum Gasteiger partial charge on any atom is 0.263 e. The second-order valence-corrected chi connectivity index (χ2v) is 9.64. The van der Waals surface area contributed by atoms with Crippen LogP contribution in [0, 0.1) is 0 Å². The lowest BCUT2D eigenvalue weighted by Gasteiger charge is -2.25. The molecule has 0 aliphatic carbocycles. The predicted octanol–water partition coefficient (Wildman–Crippen LogP) is 3.11. The molecule has 0 saturated heterocycles. The van der Waals surface area contributed by atoms with E-state index in [0.717, 1.165) is 36.3 Å². The molecule has 0 radical (unpaired) electrons. The third-order valence-electron chi connectivity index (χ3n) is 5.72. The maximum absolute atomic E-state index is 12.7. The number of nitrogens with zero attached hydrogens (tertiary/aromatic N) is 2. The molecule has 33 heavy (non-hydrogen) atoms. The minimum absolute atomic E-state index is 0.107. The summed E-state index contributed by atoms with van der Waals surface area (Å²) >= 11 is 0. The Morgan fingerprint density at radius 1 is 1.06 bits per heavy atom. The lowest BCUT2D eigenvalue weighted by molar-refractivity contribution is -0.131. The third-order valence-corrected chi connectivity index (χ3v) is 7.12. The van der Waals surface area contributed by atoms with Crippen LogP contribution in [0.5, 0.6) is 11.5 Å². The first-order chi connectivity index (χ1) is 16.0. The second-order valence-electron chi connectivity index (χ2n) is 7.99. The van der Waals surface area contributed by atoms with Gasteiger partial charge in [-0.1, -0.05) is 30.7 Å². The Morgan fingerprint density at radius 3 is 2.73 bits per heavy atom. The highest BCUT2D eigenvalue weighted by atomic mass is 32.2. The van der Waals surface area contributed by atoms with E-state index in [1.165, 1.54) is 0 Å². The summed E-state index contributed by atoms with van der Waals surface area (Å²) in [4.78, 5) is 19.3. The normalized spacial score (nSPS) is 16.8. The van der Waals surface area contributed by atoms with E-state index in [9.17, 15) is 13.2 Å². The van der Waals surface area contributed by atoms with Crippen LogP contribution in [-0.4, -0.2) is 51.4 Å². The van der Waals surface area contributed by atoms with E-state index in [4.69, 9.17) is 9.47 Å². The van der Waals surface area contributed by atoms with E-state index in [-0.39, 0.29) is 10.8 Å². The van der Waals surface area contributed by atoms with Gasteiger partial charge in [-0.3, -0.25) is 14.5 Å². The Hall–Kier alpha value is -3.07. The van der Waals surface area contributed by atoms with Crippen LogP contribution < -0.4 is 14.2 Å². The van der Waals surface area contributed by atoms with Gasteiger partial charge in [-0.25, -0.2) is 8.42 Å². The largest absolute Gasteiger partial charge is 0.486 e. The Balaban J connectivity index is 1.24. The molecule has 1 N–H and O–H groups in total. The first-order valence-electron chi connectivity index (χ1n) is 11.3. The number of para-hydroxylation sites is 1. The lowest BCUT2D eigenvalue weighted by atomic mass is 10.1. The molecule has 0 saturated carbocycles. The van der Waals surface area contributed by atoms with E-state index in [0.29, 0.717) is 50.7 Å². The molecular weight excluding hydrogens is 442 g/mol. The van der Waals surface area contributed by atoms with Crippen molar-refractivity contribution in [3.05, 3.63) is 53.6 Å². The van der Waals surface area contributed by atoms with Crippen LogP contribution in [-0.2, 0) is 21.4 Å². The van der Waals surface area contributed by atoms with Gasteiger partial charge >= 0.3 is 0 Å². The van der Waals surface area contributed by atoms with Crippen LogP contribution in [0.25, 0.3) is 0 Å². The summed E-state index contributed by atoms with van der Waals surface area (Å²) in [6.45, 7) is 4.65. The summed E-state index contributed by atoms with van der Waals surface area (Å²) in [7, 11) is -3.51. The van der Waals surface area contributed by atoms with Crippen molar-refractivity contribution in [1.29, 1.82) is 0 Å². The average Bonchev–Trinajstić information content (AvgIpc) is 3.09. The quantitative estimate of drug-likeness (QED) is 0.567. The lowest BCUT2D eigenvalue weighted by Crippen LogP contribution is -2.30. The first-order valence-corrected chi connectivity index (χ1v) is 12.8. The van der Waals surface area contributed by atoms with Gasteiger partial charge < -0.3 is 14.4 Å². The number of amidine groups is 1. The smallest absolute Gasteiger partial charge is 0.263 e. The number of carbonyl (C=O) groups excluding carboxylic acids is 1. The van der Waals surface area contributed by atoms with Gasteiger partial charge in [-0.15, -0.1) is 0 Å². The molecule has 2 aliphatic rings. The molecule has 0 aromatic heterocycles. The highest BCUT2D eigenvalue weighted by Gasteiger charge is 2.29. The minimum Gasteiger partial charge on any atom is -0.486 e. The fraction of sp³-hybridized carbons (Fsp3) is 0.417. The molecule has 2 heterocycles. The van der Waals surface area contributed by atoms with Crippen molar-refractivity contribution in [3.63, 3.8) is 0 Å². The predicted molar refractivity (Wildman–Crippen MR) is 125 cm³/mol. The SMILES string of the molecule is CCN(Cc1cccc2c1OCCO2)C(=O)CCCCCN=C1NS(=O)(=O)c2ccccc21. The molecule has 2 aromatic rings. The summed E-state index contributed by atoms with van der Waals surface area (Å²) in [6.07, 6.45) is 2.84. The summed E-state index contributed by atoms with van der Waals surface area (Å²) in [5.41, 5.74) is 1.57. The number of benzene rings is 2. The molecular formula is C24H29N3O5S. The molecule has 0 fully saturated rings. The molecule has 0 atom stereocenters. The number of amides is 1. The number of sulfonamides is 1. The van der Waals surface area contributed by atoms with Gasteiger partial charge in [0.2, 0.25) is 5.91 Å². The summed E-state index contributed by atoms with van der Waals surface area (Å²) in [5.74, 6) is 1.97. The van der Waals surface area contributed by atoms with Crippen molar-refractivity contribution in [2.24, 2.45) is 4.99 Å². The molecule has 0 bridgehead atoms. The number of aliphatic imine (C=N–C) groups is 1. The van der Waals surface area contributed by atoms with E-state index in [1.54, 1.807) is 24.3 Å². The Morgan fingerprint density at radius 2 is 1.88 bits per heavy atom. The molecule has 176 valence electrons. The van der Waals surface area contributed by atoms with E-state index < -0.39 is 10.0 Å². The average molecular weight is 472 g/mol. The van der Waals surface area contributed by atoms with Crippen molar-refractivity contribution >= 4 is 21.8 Å². The fourth-order valence-electron chi connectivity index (χ4n) is 4.01. The van der Waals surface area contributed by atoms with Crippen molar-refractivity contribution in [3.8, 4) is 11.5 Å². The number of hydrogen-bond donors (Lipinski definition) is 1. The Kier molecular flexibility index (Phi) is 7.17. The van der Waals surface area contributed by atoms with Gasteiger partial charge in [-0.05, 0) is 38.0 Å². The van der Waals surface area contributed by atoms with Crippen molar-refractivity contribution in [1.82, 2.24) is 9.62 Å². The molecule has 0 unspecified atom stereocenters. The first kappa shape index (κ1) is 23.1. The van der Waals surface area contributed by atoms with Crippen LogP contribution in [0.4, 0.5) is 0 Å². The number of fused-ring (bicyclic) bond motifs is 2. The minimum atomic E-state index is -3.51. The molecule has 2 aromatic carbocycles. The molecule has 1 amide bonds. The zero-order chi connectivity index (χ0) is 23.3. The Labute approximate surface area is 194 Å². The zero-order valence-corrected chi connectivity index (χ0v) is 19.6. The second kappa shape index (κ2) is 10.2. The van der Waals surface area contributed by atoms with Crippen LogP contribution in [0.2, 0.25) is 0 Å². The number of unbranched alkanes of at least 4 members (excludes halogenated alkanes) is 2. The standard InChI is InChI=1S/C24H29N3O5S/c1-2-27(17-18-9-8-11-20-23(18)32-16-15-31-20)22(28)13-4-3-7-14-25-24-19-10-5-6-12-21(19)33(29,30)26-24/h5-6,8-12H,2-4,7,13-17H2,1H3,(H,25,26). The highest BCUT2D eigenvalue weighted by Crippen LogP contribution is 2.34. The van der Waals surface area contributed by atoms with Gasteiger partial charge in [0.05, 0.1) is 4.90 Å². The van der Waals surface area contributed by atoms with Gasteiger partial charge in [-0.2, -0.15) is 0 Å². The summed E-state index contributed by atoms with van der Waals surface area (Å²) < 4.78 is 38.2. The monoisotopic (exact) mass is 471 g/mol. The maximum atomic E-state index is 12.7. The van der Waals surface area contributed by atoms with Crippen LogP contribution in [0.3, 0.4) is 0 Å². The number of rotatable bonds is 9. The molecule has 0 spiro atoms. The summed E-state index contributed by atoms with van der Waals surface area (Å²) in [6, 6.07) is 12.6. The van der Waals surface area contributed by atoms with Crippen LogP contribution in [0.15, 0.2) is 52.4 Å². The van der Waals surface area contributed by atoms with Crippen LogP contribution >= 0.6 is 0 Å². The highest BCUT2D eigenvalue weighted by molar-refractivity contribution is 7.90. The van der Waals surface area contributed by atoms with Gasteiger partial charge in [0.1, 0.15) is 19.0 Å². The number of nitrogens with one attached hydrogen (secondary N) is 1. The fourth-order valence-corrected chi connectivity index (χ4v) is 5.26. The topological polar surface area (TPSA) is 97.3 Å². The van der Waals surface area contributed by atoms with E-state index >= 15 is 0 Å². The van der Waals surface area contributed by atoms with Crippen molar-refractivity contribution in [2.45, 2.75) is 44.0 Å². The van der Waals surface area contributed by atoms with Crippen molar-refractivity contribution in [2.75, 3.05) is 26.3 Å². The molecule has 4 rings (SSSR count). The number of hydrogen-bond acceptors (Lipinski definition) is 6. The van der Waals surface area contributed by atoms with Crippen LogP contribution in [0.1, 0.15) is 43.7 Å². The molecule has 9 heteroatoms. The van der Waals surface area contributed by atoms with Gasteiger partial charge in [0.25, 0.3) is 10.0 Å². The molecule has 2 aliphatic heterocycles. The van der Waals surface area contributed by atoms with Gasteiger partial charge in [0.15, 0.2) is 11.5 Å². The number of ether oxygens (including phenoxy) is 2. The number of carbonyl (C=O) groups is 1. The van der Waals surface area contributed by atoms with E-state index in [1.807, 2.05) is 30.0 Å². The Bertz CT molecular complexity index is 1150. The molecule has 8 nitrogen and oxygen atoms in total. The zero-order valence-electron chi connectivity index (χ0n) is 18.7. The van der Waals surface area contributed by atoms with E-state index in [2.05, 4.69) is 9.71 Å². The van der Waals surface area contributed by atoms with Crippen molar-refractivity contribution < 1.29 is 22.7 Å².